The van der Waals surface area contributed by atoms with Crippen LogP contribution in [0.5, 0.6) is 0 Å². The van der Waals surface area contributed by atoms with Crippen LogP contribution in [0.25, 0.3) is 0 Å². The number of carbonyl (C=O) groups is 1. The van der Waals surface area contributed by atoms with Crippen molar-refractivity contribution in [3.63, 3.8) is 0 Å². The van der Waals surface area contributed by atoms with Crippen molar-refractivity contribution in [2.24, 2.45) is 0 Å². The molecule has 0 amide bonds. The molecule has 0 bridgehead atoms. The average Bonchev–Trinajstić information content (AvgIpc) is 2.07. The van der Waals surface area contributed by atoms with Gasteiger partial charge in [-0.25, -0.2) is 4.79 Å². The van der Waals surface area contributed by atoms with Gasteiger partial charge in [-0.05, 0) is 0 Å². The van der Waals surface area contributed by atoms with Gasteiger partial charge in [0.25, 0.3) is 0 Å². The van der Waals surface area contributed by atoms with E-state index in [1.54, 1.807) is 0 Å². The molecular weight excluding hydrogens is 410 g/mol. The molecule has 0 fully saturated rings. The van der Waals surface area contributed by atoms with E-state index in [9.17, 15) is 0 Å². The molecule has 0 heterocycles. The molecule has 15 heavy (non-hydrogen) atoms. The minimum absolute atomic E-state index is 0. The fraction of sp³-hybridized carbons (Fsp3) is 0.889. The zero-order valence-corrected chi connectivity index (χ0v) is 15.8. The fourth-order valence-corrected chi connectivity index (χ4v) is 3.35. The first-order chi connectivity index (χ1) is 6.56. The van der Waals surface area contributed by atoms with E-state index in [0.29, 0.717) is 0 Å². The van der Waals surface area contributed by atoms with Crippen LogP contribution in [0.1, 0.15) is 27.7 Å². The molecule has 92 valence electrons. The summed E-state index contributed by atoms with van der Waals surface area (Å²) in [7, 11) is 0. The quantitative estimate of drug-likeness (QED) is 0.668. The van der Waals surface area contributed by atoms with Crippen LogP contribution in [0.3, 0.4) is 0 Å². The Bertz CT molecular complexity index is 88.1. The van der Waals surface area contributed by atoms with Crippen molar-refractivity contribution in [1.29, 1.82) is 0 Å². The van der Waals surface area contributed by atoms with Crippen LogP contribution in [-0.2, 0) is 0 Å². The van der Waals surface area contributed by atoms with Crippen LogP contribution in [0, 0.1) is 0 Å². The minimum atomic E-state index is -1.83. The molecule has 0 aromatic rings. The molecule has 0 aromatic heterocycles. The predicted octanol–water partition coefficient (Wildman–Crippen LogP) is 2.53. The summed E-state index contributed by atoms with van der Waals surface area (Å²) in [5.41, 5.74) is 0. The Morgan fingerprint density at radius 3 is 1.00 bits per heavy atom. The van der Waals surface area contributed by atoms with Gasteiger partial charge in [0.1, 0.15) is 0 Å². The van der Waals surface area contributed by atoms with Crippen molar-refractivity contribution in [2.75, 3.05) is 0 Å². The summed E-state index contributed by atoms with van der Waals surface area (Å²) in [5.74, 6) is 0. The van der Waals surface area contributed by atoms with Crippen molar-refractivity contribution >= 4 is 48.4 Å². The summed E-state index contributed by atoms with van der Waals surface area (Å²) < 4.78 is 6.06. The predicted molar refractivity (Wildman–Crippen MR) is 67.7 cm³/mol. The topological polar surface area (TPSA) is 89.0 Å². The molecule has 0 aliphatic heterocycles. The van der Waals surface area contributed by atoms with E-state index >= 15 is 0 Å². The van der Waals surface area contributed by atoms with Crippen molar-refractivity contribution < 1.29 is 20.5 Å². The first-order valence-corrected chi connectivity index (χ1v) is 13.0. The molecule has 0 aliphatic rings. The second-order valence-electron chi connectivity index (χ2n) is 2.20. The second kappa shape index (κ2) is 29.4. The Labute approximate surface area is 114 Å². The number of hydrogen-bond acceptors (Lipinski definition) is 1. The van der Waals surface area contributed by atoms with E-state index in [4.69, 9.17) is 15.0 Å². The van der Waals surface area contributed by atoms with Gasteiger partial charge in [0, 0.05) is 0 Å². The second-order valence-corrected chi connectivity index (χ2v) is 13.1. The normalized spacial score (nSPS) is 7.20. The average molecular weight is 434 g/mol. The Morgan fingerprint density at radius 1 is 0.867 bits per heavy atom. The summed E-state index contributed by atoms with van der Waals surface area (Å²) in [5, 5.41) is 13.9. The van der Waals surface area contributed by atoms with Crippen LogP contribution < -0.4 is 0 Å². The maximum atomic E-state index is 8.56. The van der Waals surface area contributed by atoms with E-state index in [2.05, 4.69) is 27.7 Å². The first-order valence-electron chi connectivity index (χ1n) is 4.89. The Kier molecular flexibility index (Phi) is 48.7. The molecule has 0 unspecified atom stereocenters. The van der Waals surface area contributed by atoms with Crippen LogP contribution in [-0.4, -0.2) is 64.1 Å². The monoisotopic (exact) mass is 436 g/mol. The van der Waals surface area contributed by atoms with Gasteiger partial charge in [-0.1, -0.05) is 0 Å². The van der Waals surface area contributed by atoms with Crippen LogP contribution in [0.2, 0.25) is 17.7 Å². The molecule has 0 saturated carbocycles. The zero-order valence-electron chi connectivity index (χ0n) is 10.1. The Morgan fingerprint density at radius 2 is 1.00 bits per heavy atom. The largest absolute Gasteiger partial charge is 0.503 e. The molecular formula is C9H24O4Sn2. The van der Waals surface area contributed by atoms with E-state index < -0.39 is 6.16 Å². The van der Waals surface area contributed by atoms with E-state index in [0.717, 1.165) is 0 Å². The summed E-state index contributed by atoms with van der Waals surface area (Å²) in [6.45, 7) is 9.15. The SMILES string of the molecule is C[CH2][Sn][CH2]C.C[CH2][Sn][CH2]C.O.O=C(O)O. The maximum Gasteiger partial charge on any atom is 0.503 e. The van der Waals surface area contributed by atoms with Gasteiger partial charge in [0.15, 0.2) is 0 Å². The van der Waals surface area contributed by atoms with Gasteiger partial charge in [-0.3, -0.25) is 0 Å². The summed E-state index contributed by atoms with van der Waals surface area (Å²) >= 11 is 0.436. The van der Waals surface area contributed by atoms with Crippen LogP contribution in [0.4, 0.5) is 4.79 Å². The van der Waals surface area contributed by atoms with Gasteiger partial charge in [-0.2, -0.15) is 0 Å². The molecule has 4 N–H and O–H groups in total. The Hall–Kier alpha value is 0.827. The van der Waals surface area contributed by atoms with Crippen molar-refractivity contribution in [3.8, 4) is 0 Å². The number of hydrogen-bond donors (Lipinski definition) is 2. The van der Waals surface area contributed by atoms with Crippen molar-refractivity contribution in [3.05, 3.63) is 0 Å². The van der Waals surface area contributed by atoms with Gasteiger partial charge < -0.3 is 15.7 Å². The molecule has 0 aromatic carbocycles. The van der Waals surface area contributed by atoms with Gasteiger partial charge in [0.05, 0.1) is 0 Å². The fourth-order valence-electron chi connectivity index (χ4n) is 0.500. The molecule has 0 spiro atoms. The number of carboxylic acid groups (broad SMARTS) is 2. The summed E-state index contributed by atoms with van der Waals surface area (Å²) in [6, 6.07) is 0. The van der Waals surface area contributed by atoms with Gasteiger partial charge in [0.2, 0.25) is 0 Å². The summed E-state index contributed by atoms with van der Waals surface area (Å²) in [6.07, 6.45) is -1.83. The maximum absolute atomic E-state index is 8.56. The van der Waals surface area contributed by atoms with E-state index in [1.807, 2.05) is 0 Å². The third-order valence-corrected chi connectivity index (χ3v) is 6.71. The molecule has 0 aliphatic carbocycles. The van der Waals surface area contributed by atoms with E-state index in [-0.39, 0.29) is 47.8 Å². The standard InChI is InChI=1S/4C2H5.CH2O3.H2O.2Sn/c4*1-2;2-1(3)4;;;/h4*1H2,2H3;(H2,2,3,4);1H2;;. The summed E-state index contributed by atoms with van der Waals surface area (Å²) in [4.78, 5) is 8.56. The van der Waals surface area contributed by atoms with Crippen LogP contribution in [0.15, 0.2) is 0 Å². The van der Waals surface area contributed by atoms with E-state index in [1.165, 1.54) is 17.7 Å². The zero-order chi connectivity index (χ0) is 11.8. The van der Waals surface area contributed by atoms with Gasteiger partial charge >= 0.3 is 93.9 Å². The number of rotatable bonds is 4. The third-order valence-electron chi connectivity index (χ3n) is 1.000. The molecule has 6 heteroatoms. The van der Waals surface area contributed by atoms with Crippen LogP contribution >= 0.6 is 0 Å². The molecule has 4 radical (unpaired) electrons. The molecule has 0 rings (SSSR count). The molecule has 0 saturated heterocycles. The minimum Gasteiger partial charge on any atom is -0.450 e. The van der Waals surface area contributed by atoms with Crippen molar-refractivity contribution in [1.82, 2.24) is 0 Å². The Balaban J connectivity index is -0.0000000590. The smallest absolute Gasteiger partial charge is 0.450 e. The molecule has 0 atom stereocenters. The first kappa shape index (κ1) is 24.9. The molecule has 4 nitrogen and oxygen atoms in total. The van der Waals surface area contributed by atoms with Gasteiger partial charge in [-0.15, -0.1) is 0 Å². The third kappa shape index (κ3) is 105. The van der Waals surface area contributed by atoms with Crippen molar-refractivity contribution in [2.45, 2.75) is 45.4 Å².